The van der Waals surface area contributed by atoms with E-state index in [2.05, 4.69) is 53.4 Å². The lowest BCUT2D eigenvalue weighted by Crippen LogP contribution is -1.88. The molecule has 0 unspecified atom stereocenters. The molecule has 1 heteroatoms. The lowest BCUT2D eigenvalue weighted by atomic mass is 10.2. The minimum Gasteiger partial charge on any atom is -0.350 e. The highest BCUT2D eigenvalue weighted by molar-refractivity contribution is 5.48. The number of benzene rings is 1. The van der Waals surface area contributed by atoms with Crippen LogP contribution in [0.15, 0.2) is 60.9 Å². The van der Waals surface area contributed by atoms with Crippen LogP contribution in [0.4, 0.5) is 0 Å². The van der Waals surface area contributed by atoms with Crippen molar-refractivity contribution < 1.29 is 0 Å². The van der Waals surface area contributed by atoms with Crippen molar-refractivity contribution in [3.63, 3.8) is 0 Å². The molecule has 0 radical (unpaired) electrons. The Morgan fingerprint density at radius 2 is 1.64 bits per heavy atom. The summed E-state index contributed by atoms with van der Waals surface area (Å²) in [6, 6.07) is 14.4. The van der Waals surface area contributed by atoms with Crippen LogP contribution in [0, 0.1) is 0 Å². The average Bonchev–Trinajstić information content (AvgIpc) is 2.72. The van der Waals surface area contributed by atoms with Crippen LogP contribution in [0.3, 0.4) is 0 Å². The van der Waals surface area contributed by atoms with Gasteiger partial charge in [-0.1, -0.05) is 42.5 Å². The largest absolute Gasteiger partial charge is 0.350 e. The van der Waals surface area contributed by atoms with E-state index in [1.54, 1.807) is 0 Å². The second-order valence-electron chi connectivity index (χ2n) is 3.19. The molecule has 14 heavy (non-hydrogen) atoms. The predicted molar refractivity (Wildman–Crippen MR) is 59.9 cm³/mol. The SMILES string of the molecule is C(=Cc1ccccc1)Cn1cccc1. The highest BCUT2D eigenvalue weighted by Gasteiger charge is 1.84. The first kappa shape index (κ1) is 8.82. The van der Waals surface area contributed by atoms with Crippen molar-refractivity contribution >= 4 is 6.08 Å². The smallest absolute Gasteiger partial charge is 0.0403 e. The van der Waals surface area contributed by atoms with E-state index in [1.165, 1.54) is 5.56 Å². The summed E-state index contributed by atoms with van der Waals surface area (Å²) in [5.74, 6) is 0. The Hall–Kier alpha value is -1.76. The number of nitrogens with zero attached hydrogens (tertiary/aromatic N) is 1. The van der Waals surface area contributed by atoms with Gasteiger partial charge in [-0.15, -0.1) is 0 Å². The lowest BCUT2D eigenvalue weighted by molar-refractivity contribution is 0.833. The van der Waals surface area contributed by atoms with Crippen molar-refractivity contribution in [1.82, 2.24) is 4.57 Å². The first-order valence-corrected chi connectivity index (χ1v) is 4.77. The van der Waals surface area contributed by atoms with Crippen LogP contribution in [0.5, 0.6) is 0 Å². The van der Waals surface area contributed by atoms with Crippen LogP contribution < -0.4 is 0 Å². The summed E-state index contributed by atoms with van der Waals surface area (Å²) in [7, 11) is 0. The summed E-state index contributed by atoms with van der Waals surface area (Å²) >= 11 is 0. The van der Waals surface area contributed by atoms with Gasteiger partial charge in [0.2, 0.25) is 0 Å². The third-order valence-electron chi connectivity index (χ3n) is 2.09. The minimum absolute atomic E-state index is 0.932. The predicted octanol–water partition coefficient (Wildman–Crippen LogP) is 3.20. The Kier molecular flexibility index (Phi) is 2.82. The number of rotatable bonds is 3. The number of hydrogen-bond donors (Lipinski definition) is 0. The fourth-order valence-electron chi connectivity index (χ4n) is 1.37. The molecule has 0 fully saturated rings. The molecule has 0 amide bonds. The highest BCUT2D eigenvalue weighted by Crippen LogP contribution is 2.01. The third kappa shape index (κ3) is 2.36. The number of hydrogen-bond acceptors (Lipinski definition) is 0. The van der Waals surface area contributed by atoms with Gasteiger partial charge in [-0.25, -0.2) is 0 Å². The summed E-state index contributed by atoms with van der Waals surface area (Å²) in [6.07, 6.45) is 8.43. The molecule has 0 saturated carbocycles. The zero-order chi connectivity index (χ0) is 9.64. The van der Waals surface area contributed by atoms with Crippen molar-refractivity contribution in [2.24, 2.45) is 0 Å². The van der Waals surface area contributed by atoms with Crippen LogP contribution in [0.25, 0.3) is 6.08 Å². The van der Waals surface area contributed by atoms with Crippen molar-refractivity contribution in [3.05, 3.63) is 66.5 Å². The van der Waals surface area contributed by atoms with E-state index in [4.69, 9.17) is 0 Å². The van der Waals surface area contributed by atoms with Gasteiger partial charge < -0.3 is 4.57 Å². The van der Waals surface area contributed by atoms with Crippen LogP contribution in [0.2, 0.25) is 0 Å². The fourth-order valence-corrected chi connectivity index (χ4v) is 1.37. The molecule has 2 rings (SSSR count). The van der Waals surface area contributed by atoms with Crippen LogP contribution in [-0.4, -0.2) is 4.57 Å². The van der Waals surface area contributed by atoms with Gasteiger partial charge in [0.25, 0.3) is 0 Å². The monoisotopic (exact) mass is 183 g/mol. The van der Waals surface area contributed by atoms with Crippen molar-refractivity contribution in [2.75, 3.05) is 0 Å². The fraction of sp³-hybridized carbons (Fsp3) is 0.0769. The Morgan fingerprint density at radius 1 is 0.929 bits per heavy atom. The Morgan fingerprint density at radius 3 is 2.36 bits per heavy atom. The van der Waals surface area contributed by atoms with Gasteiger partial charge in [0.1, 0.15) is 0 Å². The lowest BCUT2D eigenvalue weighted by Gasteiger charge is -1.95. The standard InChI is InChI=1S/C13H13N/c1-2-7-13(8-3-1)9-6-12-14-10-4-5-11-14/h1-11H,12H2. The van der Waals surface area contributed by atoms with Crippen LogP contribution in [-0.2, 0) is 6.54 Å². The summed E-state index contributed by atoms with van der Waals surface area (Å²) in [4.78, 5) is 0. The summed E-state index contributed by atoms with van der Waals surface area (Å²) in [6.45, 7) is 0.932. The van der Waals surface area contributed by atoms with Crippen molar-refractivity contribution in [3.8, 4) is 0 Å². The maximum Gasteiger partial charge on any atom is 0.0403 e. The van der Waals surface area contributed by atoms with Crippen molar-refractivity contribution in [1.29, 1.82) is 0 Å². The van der Waals surface area contributed by atoms with E-state index in [0.29, 0.717) is 0 Å². The van der Waals surface area contributed by atoms with Crippen LogP contribution >= 0.6 is 0 Å². The van der Waals surface area contributed by atoms with Crippen LogP contribution in [0.1, 0.15) is 5.56 Å². The maximum atomic E-state index is 2.16. The second kappa shape index (κ2) is 4.47. The van der Waals surface area contributed by atoms with Gasteiger partial charge in [-0.2, -0.15) is 0 Å². The normalized spacial score (nSPS) is 10.9. The summed E-state index contributed by atoms with van der Waals surface area (Å²) in [5, 5.41) is 0. The molecule has 0 aliphatic carbocycles. The van der Waals surface area contributed by atoms with Gasteiger partial charge in [0, 0.05) is 18.9 Å². The molecular formula is C13H13N. The van der Waals surface area contributed by atoms with Gasteiger partial charge in [-0.3, -0.25) is 0 Å². The molecule has 1 heterocycles. The number of aromatic nitrogens is 1. The highest BCUT2D eigenvalue weighted by atomic mass is 14.9. The molecule has 0 aliphatic rings. The van der Waals surface area contributed by atoms with Gasteiger partial charge in [-0.05, 0) is 17.7 Å². The van der Waals surface area contributed by atoms with Crippen molar-refractivity contribution in [2.45, 2.75) is 6.54 Å². The quantitative estimate of drug-likeness (QED) is 0.688. The summed E-state index contributed by atoms with van der Waals surface area (Å²) < 4.78 is 2.14. The van der Waals surface area contributed by atoms with Gasteiger partial charge in [0.15, 0.2) is 0 Å². The Labute approximate surface area is 84.3 Å². The first-order chi connectivity index (χ1) is 6.95. The molecule has 0 atom stereocenters. The number of allylic oxidation sites excluding steroid dienone is 1. The van der Waals surface area contributed by atoms with E-state index < -0.39 is 0 Å². The van der Waals surface area contributed by atoms with E-state index in [1.807, 2.05) is 18.2 Å². The topological polar surface area (TPSA) is 4.93 Å². The summed E-state index contributed by atoms with van der Waals surface area (Å²) in [5.41, 5.74) is 1.25. The van der Waals surface area contributed by atoms with E-state index in [0.717, 1.165) is 6.54 Å². The molecule has 1 aromatic heterocycles. The minimum atomic E-state index is 0.932. The molecule has 70 valence electrons. The average molecular weight is 183 g/mol. The molecule has 0 N–H and O–H groups in total. The van der Waals surface area contributed by atoms with Gasteiger partial charge in [0.05, 0.1) is 0 Å². The molecule has 2 aromatic rings. The van der Waals surface area contributed by atoms with E-state index in [9.17, 15) is 0 Å². The first-order valence-electron chi connectivity index (χ1n) is 4.77. The molecule has 0 bridgehead atoms. The Bertz CT molecular complexity index is 384. The molecule has 0 spiro atoms. The molecule has 0 aliphatic heterocycles. The second-order valence-corrected chi connectivity index (χ2v) is 3.19. The molecular weight excluding hydrogens is 170 g/mol. The zero-order valence-electron chi connectivity index (χ0n) is 8.01. The van der Waals surface area contributed by atoms with E-state index >= 15 is 0 Å². The van der Waals surface area contributed by atoms with E-state index in [-0.39, 0.29) is 0 Å². The zero-order valence-corrected chi connectivity index (χ0v) is 8.01. The Balaban J connectivity index is 1.96. The molecule has 1 aromatic carbocycles. The van der Waals surface area contributed by atoms with Gasteiger partial charge >= 0.3 is 0 Å². The third-order valence-corrected chi connectivity index (χ3v) is 2.09. The maximum absolute atomic E-state index is 2.16. The molecule has 1 nitrogen and oxygen atoms in total. The molecule has 0 saturated heterocycles.